The van der Waals surface area contributed by atoms with Crippen molar-refractivity contribution in [2.45, 2.75) is 31.7 Å². The third kappa shape index (κ3) is 1.44. The van der Waals surface area contributed by atoms with Gasteiger partial charge in [-0.15, -0.1) is 11.3 Å². The number of hydrogen-bond acceptors (Lipinski definition) is 4. The van der Waals surface area contributed by atoms with E-state index in [0.29, 0.717) is 0 Å². The summed E-state index contributed by atoms with van der Waals surface area (Å²) in [6.45, 7) is 3.35. The van der Waals surface area contributed by atoms with Gasteiger partial charge in [-0.05, 0) is 31.9 Å². The Kier molecular flexibility index (Phi) is 2.41. The summed E-state index contributed by atoms with van der Waals surface area (Å²) in [6.07, 6.45) is 7.26. The summed E-state index contributed by atoms with van der Waals surface area (Å²) in [7, 11) is 0. The molecule has 3 rings (SSSR count). The number of pyridine rings is 1. The van der Waals surface area contributed by atoms with Gasteiger partial charge in [-0.3, -0.25) is 4.98 Å². The zero-order valence-electron chi connectivity index (χ0n) is 9.36. The molecule has 0 aromatic carbocycles. The van der Waals surface area contributed by atoms with E-state index >= 15 is 0 Å². The molecule has 1 unspecified atom stereocenters. The Morgan fingerprint density at radius 1 is 1.56 bits per heavy atom. The molecule has 84 valence electrons. The summed E-state index contributed by atoms with van der Waals surface area (Å²) in [5, 5.41) is 4.86. The smallest absolute Gasteiger partial charge is 0.114 e. The lowest BCUT2D eigenvalue weighted by Gasteiger charge is -2.25. The Hall–Kier alpha value is -1.00. The first-order valence-electron chi connectivity index (χ1n) is 5.80. The first-order chi connectivity index (χ1) is 7.84. The molecule has 3 heterocycles. The van der Waals surface area contributed by atoms with E-state index in [2.05, 4.69) is 23.3 Å². The highest BCUT2D eigenvalue weighted by Crippen LogP contribution is 2.37. The second kappa shape index (κ2) is 3.79. The van der Waals surface area contributed by atoms with Crippen molar-refractivity contribution >= 4 is 21.6 Å². The maximum atomic E-state index is 4.73. The topological polar surface area (TPSA) is 37.8 Å². The lowest BCUT2D eigenvalue weighted by molar-refractivity contribution is 0.375. The van der Waals surface area contributed by atoms with E-state index in [1.807, 2.05) is 12.4 Å². The van der Waals surface area contributed by atoms with Crippen molar-refractivity contribution < 1.29 is 0 Å². The van der Waals surface area contributed by atoms with Crippen LogP contribution < -0.4 is 5.32 Å². The van der Waals surface area contributed by atoms with Gasteiger partial charge >= 0.3 is 0 Å². The Labute approximate surface area is 98.9 Å². The van der Waals surface area contributed by atoms with Crippen molar-refractivity contribution in [2.75, 3.05) is 6.54 Å². The van der Waals surface area contributed by atoms with Crippen LogP contribution in [0.1, 0.15) is 31.2 Å². The van der Waals surface area contributed by atoms with Crippen LogP contribution in [0.2, 0.25) is 0 Å². The van der Waals surface area contributed by atoms with Gasteiger partial charge < -0.3 is 5.32 Å². The van der Waals surface area contributed by atoms with Gasteiger partial charge in [0, 0.05) is 6.20 Å². The van der Waals surface area contributed by atoms with E-state index in [-0.39, 0.29) is 5.54 Å². The number of aromatic nitrogens is 2. The standard InChI is InChI=1S/C12H15N3S/c1-2-12(5-3-6-14-12)11-15-9-8-13-7-4-10(9)16-11/h4,7-8,14H,2-3,5-6H2,1H3. The first kappa shape index (κ1) is 10.2. The fourth-order valence-corrected chi connectivity index (χ4v) is 3.62. The Balaban J connectivity index is 2.10. The summed E-state index contributed by atoms with van der Waals surface area (Å²) in [5.41, 5.74) is 1.16. The molecule has 0 bridgehead atoms. The molecule has 16 heavy (non-hydrogen) atoms. The van der Waals surface area contributed by atoms with Gasteiger partial charge in [-0.1, -0.05) is 6.92 Å². The molecule has 3 nitrogen and oxygen atoms in total. The van der Waals surface area contributed by atoms with Gasteiger partial charge in [0.1, 0.15) is 5.01 Å². The molecule has 2 aromatic heterocycles. The third-order valence-corrected chi connectivity index (χ3v) is 4.69. The van der Waals surface area contributed by atoms with Crippen molar-refractivity contribution in [1.29, 1.82) is 0 Å². The highest BCUT2D eigenvalue weighted by atomic mass is 32.1. The van der Waals surface area contributed by atoms with E-state index in [9.17, 15) is 0 Å². The number of hydrogen-bond donors (Lipinski definition) is 1. The van der Waals surface area contributed by atoms with Crippen molar-refractivity contribution in [3.8, 4) is 0 Å². The third-order valence-electron chi connectivity index (χ3n) is 3.45. The molecule has 1 atom stereocenters. The summed E-state index contributed by atoms with van der Waals surface area (Å²) < 4.78 is 1.24. The van der Waals surface area contributed by atoms with E-state index < -0.39 is 0 Å². The maximum absolute atomic E-state index is 4.73. The number of nitrogens with one attached hydrogen (secondary N) is 1. The van der Waals surface area contributed by atoms with Gasteiger partial charge in [-0.2, -0.15) is 0 Å². The van der Waals surface area contributed by atoms with Crippen LogP contribution in [0.15, 0.2) is 18.5 Å². The average molecular weight is 233 g/mol. The van der Waals surface area contributed by atoms with E-state index in [4.69, 9.17) is 4.98 Å². The average Bonchev–Trinajstić information content (AvgIpc) is 2.96. The second-order valence-corrected chi connectivity index (χ2v) is 5.36. The van der Waals surface area contributed by atoms with Crippen LogP contribution in [0.25, 0.3) is 10.2 Å². The lowest BCUT2D eigenvalue weighted by Crippen LogP contribution is -2.35. The molecule has 0 radical (unpaired) electrons. The van der Waals surface area contributed by atoms with E-state index in [1.165, 1.54) is 22.5 Å². The molecule has 1 fully saturated rings. The van der Waals surface area contributed by atoms with Crippen molar-refractivity contribution in [3.05, 3.63) is 23.5 Å². The highest BCUT2D eigenvalue weighted by Gasteiger charge is 2.36. The normalized spacial score (nSPS) is 25.3. The van der Waals surface area contributed by atoms with E-state index in [0.717, 1.165) is 18.5 Å². The zero-order valence-corrected chi connectivity index (χ0v) is 10.2. The van der Waals surface area contributed by atoms with Gasteiger partial charge in [0.05, 0.1) is 22.0 Å². The predicted molar refractivity (Wildman–Crippen MR) is 66.6 cm³/mol. The predicted octanol–water partition coefficient (Wildman–Crippen LogP) is 2.68. The maximum Gasteiger partial charge on any atom is 0.114 e. The first-order valence-corrected chi connectivity index (χ1v) is 6.62. The molecule has 1 N–H and O–H groups in total. The minimum atomic E-state index is 0.129. The number of nitrogens with zero attached hydrogens (tertiary/aromatic N) is 2. The van der Waals surface area contributed by atoms with Crippen LogP contribution in [-0.2, 0) is 5.54 Å². The van der Waals surface area contributed by atoms with Crippen molar-refractivity contribution in [1.82, 2.24) is 15.3 Å². The van der Waals surface area contributed by atoms with E-state index in [1.54, 1.807) is 11.3 Å². The van der Waals surface area contributed by atoms with Gasteiger partial charge in [0.15, 0.2) is 0 Å². The molecular weight excluding hydrogens is 218 g/mol. The molecule has 0 spiro atoms. The zero-order chi connectivity index (χ0) is 11.0. The molecule has 1 saturated heterocycles. The number of fused-ring (bicyclic) bond motifs is 1. The molecular formula is C12H15N3S. The largest absolute Gasteiger partial charge is 0.305 e. The highest BCUT2D eigenvalue weighted by molar-refractivity contribution is 7.18. The number of thiazole rings is 1. The van der Waals surface area contributed by atoms with Crippen LogP contribution in [0.3, 0.4) is 0 Å². The Bertz CT molecular complexity index is 467. The summed E-state index contributed by atoms with van der Waals surface area (Å²) >= 11 is 1.80. The Morgan fingerprint density at radius 3 is 3.19 bits per heavy atom. The quantitative estimate of drug-likeness (QED) is 0.866. The molecule has 4 heteroatoms. The van der Waals surface area contributed by atoms with Gasteiger partial charge in [-0.25, -0.2) is 4.98 Å². The van der Waals surface area contributed by atoms with Gasteiger partial charge in [0.2, 0.25) is 0 Å². The van der Waals surface area contributed by atoms with Crippen LogP contribution in [0.5, 0.6) is 0 Å². The fourth-order valence-electron chi connectivity index (χ4n) is 2.43. The second-order valence-electron chi connectivity index (χ2n) is 4.33. The number of rotatable bonds is 2. The fraction of sp³-hybridized carbons (Fsp3) is 0.500. The summed E-state index contributed by atoms with van der Waals surface area (Å²) in [4.78, 5) is 8.86. The van der Waals surface area contributed by atoms with Crippen LogP contribution in [0, 0.1) is 0 Å². The SMILES string of the molecule is CCC1(c2nc3cnccc3s2)CCCN1. The summed E-state index contributed by atoms with van der Waals surface area (Å²) in [5.74, 6) is 0. The monoisotopic (exact) mass is 233 g/mol. The molecule has 1 aliphatic rings. The van der Waals surface area contributed by atoms with Crippen molar-refractivity contribution in [3.63, 3.8) is 0 Å². The minimum Gasteiger partial charge on any atom is -0.305 e. The molecule has 1 aliphatic heterocycles. The molecule has 2 aromatic rings. The van der Waals surface area contributed by atoms with Crippen LogP contribution >= 0.6 is 11.3 Å². The van der Waals surface area contributed by atoms with Gasteiger partial charge in [0.25, 0.3) is 0 Å². The van der Waals surface area contributed by atoms with Crippen molar-refractivity contribution in [2.24, 2.45) is 0 Å². The minimum absolute atomic E-state index is 0.129. The van der Waals surface area contributed by atoms with Crippen LogP contribution in [0.4, 0.5) is 0 Å². The molecule has 0 aliphatic carbocycles. The van der Waals surface area contributed by atoms with Crippen LogP contribution in [-0.4, -0.2) is 16.5 Å². The summed E-state index contributed by atoms with van der Waals surface area (Å²) in [6, 6.07) is 2.05. The molecule has 0 saturated carbocycles. The lowest BCUT2D eigenvalue weighted by atomic mass is 9.95. The Morgan fingerprint density at radius 2 is 2.50 bits per heavy atom. The molecule has 0 amide bonds.